The Morgan fingerprint density at radius 1 is 0.333 bits per heavy atom. The van der Waals surface area contributed by atoms with E-state index in [1.54, 1.807) is 6.20 Å². The maximum atomic E-state index is 6.38. The molecule has 272 valence electrons. The van der Waals surface area contributed by atoms with Gasteiger partial charge in [0.2, 0.25) is 0 Å². The van der Waals surface area contributed by atoms with Gasteiger partial charge in [-0.2, -0.15) is 0 Å². The number of ether oxygens (including phenoxy) is 1. The molecule has 2 aromatic heterocycles. The SMILES string of the molecule is Cc1ccc(-c2ccccc2)cc1-c1cccc(-c2cc(-c3ccccc3)ccc2C)c1-c1ccc(-c2cccc(Oc3cccc(-c4ccccn4)c3)c2)nc1. The van der Waals surface area contributed by atoms with Crippen molar-refractivity contribution in [2.45, 2.75) is 13.8 Å². The summed E-state index contributed by atoms with van der Waals surface area (Å²) in [6.07, 6.45) is 3.83. The highest BCUT2D eigenvalue weighted by atomic mass is 16.5. The molecule has 3 heteroatoms. The molecule has 57 heavy (non-hydrogen) atoms. The lowest BCUT2D eigenvalue weighted by atomic mass is 9.84. The quantitative estimate of drug-likeness (QED) is 0.148. The minimum atomic E-state index is 0.742. The van der Waals surface area contributed by atoms with Crippen molar-refractivity contribution in [3.05, 3.63) is 218 Å². The molecule has 0 fully saturated rings. The molecule has 0 atom stereocenters. The van der Waals surface area contributed by atoms with Crippen molar-refractivity contribution in [1.29, 1.82) is 0 Å². The predicted octanol–water partition coefficient (Wildman–Crippen LogP) is 14.6. The lowest BCUT2D eigenvalue weighted by molar-refractivity contribution is 0.483. The summed E-state index contributed by atoms with van der Waals surface area (Å²) in [6, 6.07) is 67.9. The molecule has 2 heterocycles. The minimum Gasteiger partial charge on any atom is -0.457 e. The molecule has 0 spiro atoms. The molecular weight excluding hydrogens is 693 g/mol. The van der Waals surface area contributed by atoms with Gasteiger partial charge in [-0.1, -0.05) is 140 Å². The van der Waals surface area contributed by atoms with Crippen molar-refractivity contribution in [3.63, 3.8) is 0 Å². The van der Waals surface area contributed by atoms with Crippen LogP contribution in [0.15, 0.2) is 207 Å². The number of hydrogen-bond donors (Lipinski definition) is 0. The maximum absolute atomic E-state index is 6.38. The summed E-state index contributed by atoms with van der Waals surface area (Å²) in [5.41, 5.74) is 17.9. The van der Waals surface area contributed by atoms with Crippen LogP contribution in [0.5, 0.6) is 11.5 Å². The van der Waals surface area contributed by atoms with Crippen LogP contribution in [0.25, 0.3) is 78.1 Å². The third-order valence-corrected chi connectivity index (χ3v) is 10.5. The van der Waals surface area contributed by atoms with E-state index in [4.69, 9.17) is 9.72 Å². The van der Waals surface area contributed by atoms with Gasteiger partial charge >= 0.3 is 0 Å². The molecule has 0 unspecified atom stereocenters. The summed E-state index contributed by atoms with van der Waals surface area (Å²) in [7, 11) is 0. The van der Waals surface area contributed by atoms with Gasteiger partial charge in [0.25, 0.3) is 0 Å². The molecule has 0 radical (unpaired) electrons. The smallest absolute Gasteiger partial charge is 0.128 e. The summed E-state index contributed by atoms with van der Waals surface area (Å²) in [5.74, 6) is 1.49. The second-order valence-corrected chi connectivity index (χ2v) is 14.3. The van der Waals surface area contributed by atoms with Crippen LogP contribution in [0.2, 0.25) is 0 Å². The Kier molecular flexibility index (Phi) is 9.79. The van der Waals surface area contributed by atoms with E-state index in [1.807, 2.05) is 66.9 Å². The molecule has 0 saturated heterocycles. The summed E-state index contributed by atoms with van der Waals surface area (Å²) in [4.78, 5) is 9.61. The zero-order valence-electron chi connectivity index (χ0n) is 31.9. The largest absolute Gasteiger partial charge is 0.457 e. The summed E-state index contributed by atoms with van der Waals surface area (Å²) >= 11 is 0. The van der Waals surface area contributed by atoms with Gasteiger partial charge in [-0.3, -0.25) is 9.97 Å². The van der Waals surface area contributed by atoms with Gasteiger partial charge in [0.15, 0.2) is 0 Å². The first kappa shape index (κ1) is 35.3. The Morgan fingerprint density at radius 2 is 0.825 bits per heavy atom. The van der Waals surface area contributed by atoms with Crippen molar-refractivity contribution >= 4 is 0 Å². The number of nitrogens with zero attached hydrogens (tertiary/aromatic N) is 2. The van der Waals surface area contributed by atoms with Crippen molar-refractivity contribution in [3.8, 4) is 89.6 Å². The fourth-order valence-electron chi connectivity index (χ4n) is 7.58. The van der Waals surface area contributed by atoms with E-state index in [0.717, 1.165) is 45.1 Å². The lowest BCUT2D eigenvalue weighted by Crippen LogP contribution is -1.96. The Labute approximate surface area is 334 Å². The van der Waals surface area contributed by atoms with Gasteiger partial charge in [-0.05, 0) is 130 Å². The molecule has 9 rings (SSSR count). The summed E-state index contributed by atoms with van der Waals surface area (Å²) in [6.45, 7) is 4.40. The van der Waals surface area contributed by atoms with Crippen LogP contribution in [0.3, 0.4) is 0 Å². The standard InChI is InChI=1S/C54H40N2O/c1-37-25-27-41(39-14-5-3-6-15-39)34-50(37)48-22-13-23-49(51-35-42(28-26-38(51)2)40-16-7-4-8-17-40)54(48)45-29-30-53(56-36-45)44-19-12-21-47(33-44)57-46-20-11-18-43(32-46)52-24-9-10-31-55-52/h3-36H,1-2H3. The highest BCUT2D eigenvalue weighted by molar-refractivity contribution is 5.97. The maximum Gasteiger partial charge on any atom is 0.128 e. The first-order valence-electron chi connectivity index (χ1n) is 19.3. The first-order chi connectivity index (χ1) is 28.1. The lowest BCUT2D eigenvalue weighted by Gasteiger charge is -2.20. The zero-order valence-corrected chi connectivity index (χ0v) is 31.9. The van der Waals surface area contributed by atoms with E-state index in [9.17, 15) is 0 Å². The van der Waals surface area contributed by atoms with Gasteiger partial charge in [0.1, 0.15) is 11.5 Å². The first-order valence-corrected chi connectivity index (χ1v) is 19.3. The molecule has 9 aromatic rings. The van der Waals surface area contributed by atoms with Crippen molar-refractivity contribution in [2.75, 3.05) is 0 Å². The third-order valence-electron chi connectivity index (χ3n) is 10.5. The fourth-order valence-corrected chi connectivity index (χ4v) is 7.58. The molecule has 0 aliphatic rings. The predicted molar refractivity (Wildman–Crippen MR) is 236 cm³/mol. The summed E-state index contributed by atoms with van der Waals surface area (Å²) < 4.78 is 6.38. The second-order valence-electron chi connectivity index (χ2n) is 14.3. The molecule has 0 N–H and O–H groups in total. The molecule has 0 bridgehead atoms. The Bertz CT molecular complexity index is 2710. The highest BCUT2D eigenvalue weighted by Gasteiger charge is 2.19. The molecule has 0 saturated carbocycles. The van der Waals surface area contributed by atoms with E-state index >= 15 is 0 Å². The van der Waals surface area contributed by atoms with Crippen molar-refractivity contribution in [2.24, 2.45) is 0 Å². The Morgan fingerprint density at radius 3 is 1.33 bits per heavy atom. The van der Waals surface area contributed by atoms with Crippen LogP contribution in [0.4, 0.5) is 0 Å². The zero-order chi connectivity index (χ0) is 38.6. The van der Waals surface area contributed by atoms with Crippen LogP contribution < -0.4 is 4.74 Å². The second kappa shape index (κ2) is 15.8. The Balaban J connectivity index is 1.12. The molecular formula is C54H40N2O. The number of aromatic nitrogens is 2. The Hall–Kier alpha value is -7.36. The molecule has 7 aromatic carbocycles. The highest BCUT2D eigenvalue weighted by Crippen LogP contribution is 2.44. The number of pyridine rings is 2. The van der Waals surface area contributed by atoms with Gasteiger partial charge in [-0.25, -0.2) is 0 Å². The van der Waals surface area contributed by atoms with E-state index < -0.39 is 0 Å². The van der Waals surface area contributed by atoms with Crippen molar-refractivity contribution in [1.82, 2.24) is 9.97 Å². The van der Waals surface area contributed by atoms with Crippen LogP contribution in [-0.4, -0.2) is 9.97 Å². The third kappa shape index (κ3) is 7.52. The number of aryl methyl sites for hydroxylation is 2. The molecule has 0 amide bonds. The molecule has 3 nitrogen and oxygen atoms in total. The topological polar surface area (TPSA) is 35.0 Å². The van der Waals surface area contributed by atoms with E-state index in [1.165, 1.54) is 55.6 Å². The monoisotopic (exact) mass is 732 g/mol. The van der Waals surface area contributed by atoms with Crippen LogP contribution in [-0.2, 0) is 0 Å². The number of hydrogen-bond acceptors (Lipinski definition) is 3. The molecule has 0 aliphatic heterocycles. The van der Waals surface area contributed by atoms with E-state index in [2.05, 4.69) is 152 Å². The summed E-state index contributed by atoms with van der Waals surface area (Å²) in [5, 5.41) is 0. The van der Waals surface area contributed by atoms with Gasteiger partial charge < -0.3 is 4.74 Å². The van der Waals surface area contributed by atoms with Gasteiger partial charge in [0.05, 0.1) is 11.4 Å². The minimum absolute atomic E-state index is 0.742. The number of benzene rings is 7. The fraction of sp³-hybridized carbons (Fsp3) is 0.0370. The van der Waals surface area contributed by atoms with Crippen LogP contribution in [0.1, 0.15) is 11.1 Å². The number of rotatable bonds is 9. The van der Waals surface area contributed by atoms with Crippen LogP contribution in [0, 0.1) is 13.8 Å². The van der Waals surface area contributed by atoms with Gasteiger partial charge in [0, 0.05) is 29.1 Å². The van der Waals surface area contributed by atoms with Crippen molar-refractivity contribution < 1.29 is 4.74 Å². The van der Waals surface area contributed by atoms with Gasteiger partial charge in [-0.15, -0.1) is 0 Å². The molecule has 0 aliphatic carbocycles. The average Bonchev–Trinajstić information content (AvgIpc) is 3.28. The normalized spacial score (nSPS) is 11.0. The van der Waals surface area contributed by atoms with E-state index in [-0.39, 0.29) is 0 Å². The van der Waals surface area contributed by atoms with E-state index in [0.29, 0.717) is 0 Å². The average molecular weight is 733 g/mol. The van der Waals surface area contributed by atoms with Crippen LogP contribution >= 0.6 is 0 Å².